The summed E-state index contributed by atoms with van der Waals surface area (Å²) in [6.07, 6.45) is -0.320. The first-order valence-electron chi connectivity index (χ1n) is 7.84. The molecule has 1 aromatic carbocycles. The van der Waals surface area contributed by atoms with Crippen molar-refractivity contribution in [3.05, 3.63) is 52.6 Å². The monoisotopic (exact) mass is 349 g/mol. The Balaban J connectivity index is 2.16. The van der Waals surface area contributed by atoms with Gasteiger partial charge in [-0.15, -0.1) is 5.10 Å². The molecular weight excluding hydrogens is 329 g/mol. The number of rotatable bonds is 8. The van der Waals surface area contributed by atoms with Crippen molar-refractivity contribution < 1.29 is 18.7 Å². The van der Waals surface area contributed by atoms with Crippen molar-refractivity contribution in [3.63, 3.8) is 0 Å². The second-order valence-corrected chi connectivity index (χ2v) is 5.20. The van der Waals surface area contributed by atoms with Crippen LogP contribution in [-0.2, 0) is 9.53 Å². The lowest BCUT2D eigenvalue weighted by Gasteiger charge is -2.17. The highest BCUT2D eigenvalue weighted by atomic mass is 19.1. The molecule has 0 aliphatic heterocycles. The van der Waals surface area contributed by atoms with Crippen molar-refractivity contribution in [2.24, 2.45) is 0 Å². The molecule has 0 spiro atoms. The van der Waals surface area contributed by atoms with Crippen LogP contribution in [0.5, 0.6) is 5.88 Å². The fourth-order valence-electron chi connectivity index (χ4n) is 2.08. The van der Waals surface area contributed by atoms with Crippen molar-refractivity contribution in [2.45, 2.75) is 19.4 Å². The van der Waals surface area contributed by atoms with E-state index in [0.29, 0.717) is 25.3 Å². The number of aromatic nitrogens is 2. The minimum atomic E-state index is -0.747. The first-order valence-corrected chi connectivity index (χ1v) is 7.84. The molecule has 7 nitrogen and oxygen atoms in total. The summed E-state index contributed by atoms with van der Waals surface area (Å²) >= 11 is 0. The number of carbonyl (C=O) groups is 1. The number of ether oxygens (including phenoxy) is 2. The van der Waals surface area contributed by atoms with Crippen LogP contribution in [0.15, 0.2) is 41.2 Å². The lowest BCUT2D eigenvalue weighted by atomic mass is 10.2. The Morgan fingerprint density at radius 2 is 2.00 bits per heavy atom. The van der Waals surface area contributed by atoms with Gasteiger partial charge in [-0.25, -0.2) is 4.39 Å². The normalized spacial score (nSPS) is 11.8. The molecule has 2 rings (SSSR count). The summed E-state index contributed by atoms with van der Waals surface area (Å²) in [5.41, 5.74) is 0.00555. The molecule has 25 heavy (non-hydrogen) atoms. The topological polar surface area (TPSA) is 82.5 Å². The van der Waals surface area contributed by atoms with Gasteiger partial charge in [0.15, 0.2) is 6.10 Å². The van der Waals surface area contributed by atoms with E-state index in [2.05, 4.69) is 10.4 Å². The second-order valence-electron chi connectivity index (χ2n) is 5.20. The molecule has 1 unspecified atom stereocenters. The Kier molecular flexibility index (Phi) is 6.64. The van der Waals surface area contributed by atoms with E-state index in [1.165, 1.54) is 36.4 Å². The zero-order chi connectivity index (χ0) is 18.2. The van der Waals surface area contributed by atoms with Crippen LogP contribution in [-0.4, -0.2) is 42.1 Å². The highest BCUT2D eigenvalue weighted by Gasteiger charge is 2.19. The SMILES string of the molecule is CCC(Oc1ccc(=O)n(-c2ccc(F)cc2)n1)C(=O)NCCOC. The summed E-state index contributed by atoms with van der Waals surface area (Å²) in [7, 11) is 1.54. The molecule has 1 N–H and O–H groups in total. The zero-order valence-corrected chi connectivity index (χ0v) is 14.1. The van der Waals surface area contributed by atoms with Gasteiger partial charge in [-0.05, 0) is 30.7 Å². The lowest BCUT2D eigenvalue weighted by Crippen LogP contribution is -2.39. The molecular formula is C17H20FN3O4. The van der Waals surface area contributed by atoms with E-state index in [1.807, 2.05) is 0 Å². The number of nitrogens with zero attached hydrogens (tertiary/aromatic N) is 2. The van der Waals surface area contributed by atoms with Crippen molar-refractivity contribution in [2.75, 3.05) is 20.3 Å². The number of hydrogen-bond donors (Lipinski definition) is 1. The number of carbonyl (C=O) groups excluding carboxylic acids is 1. The molecule has 1 aromatic heterocycles. The maximum Gasteiger partial charge on any atom is 0.271 e. The Hall–Kier alpha value is -2.74. The van der Waals surface area contributed by atoms with Gasteiger partial charge in [0.25, 0.3) is 11.5 Å². The van der Waals surface area contributed by atoms with Gasteiger partial charge in [0.05, 0.1) is 12.3 Å². The molecule has 0 bridgehead atoms. The lowest BCUT2D eigenvalue weighted by molar-refractivity contribution is -0.128. The van der Waals surface area contributed by atoms with Gasteiger partial charge >= 0.3 is 0 Å². The van der Waals surface area contributed by atoms with E-state index >= 15 is 0 Å². The second kappa shape index (κ2) is 8.93. The summed E-state index contributed by atoms with van der Waals surface area (Å²) < 4.78 is 24.6. The summed E-state index contributed by atoms with van der Waals surface area (Å²) in [6.45, 7) is 2.57. The van der Waals surface area contributed by atoms with Crippen LogP contribution in [0.1, 0.15) is 13.3 Å². The molecule has 0 fully saturated rings. The largest absolute Gasteiger partial charge is 0.463 e. The van der Waals surface area contributed by atoms with Crippen LogP contribution in [0.2, 0.25) is 0 Å². The van der Waals surface area contributed by atoms with Gasteiger partial charge in [-0.2, -0.15) is 4.68 Å². The van der Waals surface area contributed by atoms with E-state index < -0.39 is 17.5 Å². The van der Waals surface area contributed by atoms with Gasteiger partial charge in [-0.1, -0.05) is 6.92 Å². The van der Waals surface area contributed by atoms with Crippen molar-refractivity contribution in [3.8, 4) is 11.6 Å². The number of hydrogen-bond acceptors (Lipinski definition) is 5. The Morgan fingerprint density at radius 3 is 2.64 bits per heavy atom. The average molecular weight is 349 g/mol. The van der Waals surface area contributed by atoms with Crippen molar-refractivity contribution in [1.29, 1.82) is 0 Å². The summed E-state index contributed by atoms with van der Waals surface area (Å²) in [6, 6.07) is 8.00. The number of nitrogens with one attached hydrogen (secondary N) is 1. The predicted molar refractivity (Wildman–Crippen MR) is 89.4 cm³/mol. The molecule has 0 radical (unpaired) electrons. The van der Waals surface area contributed by atoms with E-state index in [1.54, 1.807) is 14.0 Å². The van der Waals surface area contributed by atoms with Gasteiger partial charge in [-0.3, -0.25) is 9.59 Å². The Bertz CT molecular complexity index is 761. The fraction of sp³-hybridized carbons (Fsp3) is 0.353. The standard InChI is InChI=1S/C17H20FN3O4/c1-3-14(17(23)19-10-11-24-2)25-15-8-9-16(22)21(20-15)13-6-4-12(18)5-7-13/h4-9,14H,3,10-11H2,1-2H3,(H,19,23). The van der Waals surface area contributed by atoms with Crippen LogP contribution in [0.4, 0.5) is 4.39 Å². The van der Waals surface area contributed by atoms with Gasteiger partial charge < -0.3 is 14.8 Å². The average Bonchev–Trinajstić information content (AvgIpc) is 2.62. The Labute approximate surface area is 144 Å². The smallest absolute Gasteiger partial charge is 0.271 e. The molecule has 1 atom stereocenters. The highest BCUT2D eigenvalue weighted by molar-refractivity contribution is 5.80. The number of halogens is 1. The molecule has 134 valence electrons. The number of benzene rings is 1. The van der Waals surface area contributed by atoms with Crippen LogP contribution in [0, 0.1) is 5.82 Å². The number of methoxy groups -OCH3 is 1. The fourth-order valence-corrected chi connectivity index (χ4v) is 2.08. The van der Waals surface area contributed by atoms with Crippen molar-refractivity contribution in [1.82, 2.24) is 15.1 Å². The first kappa shape index (κ1) is 18.6. The molecule has 1 amide bonds. The maximum absolute atomic E-state index is 13.0. The van der Waals surface area contributed by atoms with E-state index in [-0.39, 0.29) is 11.8 Å². The molecule has 8 heteroatoms. The quantitative estimate of drug-likeness (QED) is 0.726. The van der Waals surface area contributed by atoms with Crippen molar-refractivity contribution >= 4 is 5.91 Å². The summed E-state index contributed by atoms with van der Waals surface area (Å²) in [4.78, 5) is 24.1. The molecule has 0 aliphatic carbocycles. The summed E-state index contributed by atoms with van der Waals surface area (Å²) in [5, 5.41) is 6.79. The third-order valence-electron chi connectivity index (χ3n) is 3.38. The molecule has 0 aliphatic rings. The molecule has 0 saturated heterocycles. The molecule has 0 saturated carbocycles. The van der Waals surface area contributed by atoms with E-state index in [9.17, 15) is 14.0 Å². The number of amides is 1. The summed E-state index contributed by atoms with van der Waals surface area (Å²) in [5.74, 6) is -0.582. The highest BCUT2D eigenvalue weighted by Crippen LogP contribution is 2.11. The van der Waals surface area contributed by atoms with E-state index in [4.69, 9.17) is 9.47 Å². The molecule has 1 heterocycles. The third kappa shape index (κ3) is 5.12. The van der Waals surface area contributed by atoms with Crippen LogP contribution < -0.4 is 15.6 Å². The van der Waals surface area contributed by atoms with Crippen LogP contribution >= 0.6 is 0 Å². The van der Waals surface area contributed by atoms with Gasteiger partial charge in [0.2, 0.25) is 5.88 Å². The van der Waals surface area contributed by atoms with Gasteiger partial charge in [0, 0.05) is 25.8 Å². The minimum absolute atomic E-state index is 0.123. The first-order chi connectivity index (χ1) is 12.0. The van der Waals surface area contributed by atoms with Gasteiger partial charge in [0.1, 0.15) is 5.82 Å². The Morgan fingerprint density at radius 1 is 1.28 bits per heavy atom. The van der Waals surface area contributed by atoms with E-state index in [0.717, 1.165) is 4.68 Å². The zero-order valence-electron chi connectivity index (χ0n) is 14.1. The van der Waals surface area contributed by atoms with Crippen LogP contribution in [0.3, 0.4) is 0 Å². The third-order valence-corrected chi connectivity index (χ3v) is 3.38. The predicted octanol–water partition coefficient (Wildman–Crippen LogP) is 1.29. The maximum atomic E-state index is 13.0. The van der Waals surface area contributed by atoms with Crippen LogP contribution in [0.25, 0.3) is 5.69 Å². The molecule has 2 aromatic rings. The minimum Gasteiger partial charge on any atom is -0.463 e.